The molecule has 0 aromatic carbocycles. The zero-order valence-corrected chi connectivity index (χ0v) is 11.2. The van der Waals surface area contributed by atoms with Crippen LogP contribution in [0, 0.1) is 5.41 Å². The number of ether oxygens (including phenoxy) is 2. The van der Waals surface area contributed by atoms with Gasteiger partial charge in [0, 0.05) is 0 Å². The van der Waals surface area contributed by atoms with Crippen LogP contribution in [0.3, 0.4) is 0 Å². The molecular weight excluding hydrogens is 224 g/mol. The number of Topliss-reactive ketones (excluding diaryl/α,β-unsaturated/α-hetero) is 1. The average Bonchev–Trinajstić information content (AvgIpc) is 2.13. The van der Waals surface area contributed by atoms with Crippen molar-refractivity contribution in [1.82, 2.24) is 0 Å². The van der Waals surface area contributed by atoms with Gasteiger partial charge in [0.05, 0.1) is 12.2 Å². The van der Waals surface area contributed by atoms with Crippen LogP contribution in [0.2, 0.25) is 0 Å². The molecule has 0 aromatic heterocycles. The highest BCUT2D eigenvalue weighted by molar-refractivity contribution is 6.19. The molecule has 0 saturated heterocycles. The zero-order valence-electron chi connectivity index (χ0n) is 11.2. The Labute approximate surface area is 101 Å². The van der Waals surface area contributed by atoms with Crippen LogP contribution in [0.4, 0.5) is 0 Å². The number of esters is 2. The second-order valence-electron chi connectivity index (χ2n) is 4.59. The van der Waals surface area contributed by atoms with Gasteiger partial charge in [0.15, 0.2) is 5.78 Å². The largest absolute Gasteiger partial charge is 0.462 e. The lowest BCUT2D eigenvalue weighted by molar-refractivity contribution is -0.177. The maximum Gasteiger partial charge on any atom is 0.331 e. The molecule has 98 valence electrons. The van der Waals surface area contributed by atoms with Crippen molar-refractivity contribution in [3.63, 3.8) is 0 Å². The molecule has 0 bridgehead atoms. The molecule has 0 saturated carbocycles. The predicted octanol–water partition coefficient (Wildman–Crippen LogP) is 1.48. The Morgan fingerprint density at radius 2 is 1.18 bits per heavy atom. The Hall–Kier alpha value is -1.39. The number of carbonyl (C=O) groups excluding carboxylic acids is 3. The first-order chi connectivity index (χ1) is 7.62. The molecule has 0 aliphatic rings. The number of carbonyl (C=O) groups is 3. The van der Waals surface area contributed by atoms with Crippen LogP contribution >= 0.6 is 0 Å². The van der Waals surface area contributed by atoms with Gasteiger partial charge in [0.1, 0.15) is 0 Å². The summed E-state index contributed by atoms with van der Waals surface area (Å²) in [4.78, 5) is 35.1. The summed E-state index contributed by atoms with van der Waals surface area (Å²) >= 11 is 0. The molecule has 0 radical (unpaired) electrons. The van der Waals surface area contributed by atoms with Crippen molar-refractivity contribution in [1.29, 1.82) is 0 Å². The second-order valence-corrected chi connectivity index (χ2v) is 4.59. The minimum absolute atomic E-state index is 0.395. The Balaban J connectivity index is 5.10. The fourth-order valence-electron chi connectivity index (χ4n) is 1.03. The van der Waals surface area contributed by atoms with Crippen molar-refractivity contribution in [3.8, 4) is 0 Å². The first-order valence-corrected chi connectivity index (χ1v) is 5.55. The smallest absolute Gasteiger partial charge is 0.331 e. The second kappa shape index (κ2) is 5.80. The van der Waals surface area contributed by atoms with Crippen molar-refractivity contribution in [3.05, 3.63) is 0 Å². The quantitative estimate of drug-likeness (QED) is 0.541. The number of hydrogen-bond donors (Lipinski definition) is 0. The van der Waals surface area contributed by atoms with Crippen molar-refractivity contribution >= 4 is 17.7 Å². The fourth-order valence-corrected chi connectivity index (χ4v) is 1.03. The Morgan fingerprint density at radius 3 is 1.35 bits per heavy atom. The third-order valence-electron chi connectivity index (χ3n) is 2.21. The summed E-state index contributed by atoms with van der Waals surface area (Å²) in [5.74, 6) is -2.33. The van der Waals surface area contributed by atoms with Crippen LogP contribution in [-0.2, 0) is 23.9 Å². The monoisotopic (exact) mass is 244 g/mol. The summed E-state index contributed by atoms with van der Waals surface area (Å²) < 4.78 is 9.84. The molecule has 0 aromatic rings. The van der Waals surface area contributed by atoms with E-state index in [1.54, 1.807) is 27.7 Å². The molecule has 0 rings (SSSR count). The lowest BCUT2D eigenvalue weighted by atomic mass is 9.86. The molecule has 0 spiro atoms. The first kappa shape index (κ1) is 15.6. The standard InChI is InChI=1S/C12H20O5/c1-7(2)16-10(14)12(6,9(5)13)11(15)17-8(3)4/h7-8H,1-6H3. The van der Waals surface area contributed by atoms with Gasteiger partial charge in [0.25, 0.3) is 0 Å². The van der Waals surface area contributed by atoms with E-state index in [1.165, 1.54) is 13.8 Å². The zero-order chi connectivity index (χ0) is 13.8. The normalized spacial score (nSPS) is 11.5. The van der Waals surface area contributed by atoms with Crippen LogP contribution in [0.15, 0.2) is 0 Å². The lowest BCUT2D eigenvalue weighted by Crippen LogP contribution is -2.46. The van der Waals surface area contributed by atoms with Gasteiger partial charge < -0.3 is 9.47 Å². The van der Waals surface area contributed by atoms with E-state index in [0.29, 0.717) is 0 Å². The molecular formula is C12H20O5. The molecule has 0 fully saturated rings. The van der Waals surface area contributed by atoms with Crippen molar-refractivity contribution < 1.29 is 23.9 Å². The maximum absolute atomic E-state index is 11.8. The molecule has 0 aliphatic carbocycles. The van der Waals surface area contributed by atoms with E-state index in [0.717, 1.165) is 0 Å². The summed E-state index contributed by atoms with van der Waals surface area (Å²) in [6, 6.07) is 0. The highest BCUT2D eigenvalue weighted by Gasteiger charge is 2.49. The number of hydrogen-bond acceptors (Lipinski definition) is 5. The molecule has 0 heterocycles. The van der Waals surface area contributed by atoms with E-state index >= 15 is 0 Å². The van der Waals surface area contributed by atoms with Gasteiger partial charge in [-0.25, -0.2) is 0 Å². The van der Waals surface area contributed by atoms with E-state index < -0.39 is 35.3 Å². The van der Waals surface area contributed by atoms with Crippen molar-refractivity contribution in [2.24, 2.45) is 5.41 Å². The van der Waals surface area contributed by atoms with Crippen molar-refractivity contribution in [2.75, 3.05) is 0 Å². The van der Waals surface area contributed by atoms with E-state index in [1.807, 2.05) is 0 Å². The molecule has 5 nitrogen and oxygen atoms in total. The van der Waals surface area contributed by atoms with Gasteiger partial charge in [-0.05, 0) is 41.5 Å². The van der Waals surface area contributed by atoms with Gasteiger partial charge in [-0.1, -0.05) is 0 Å². The third kappa shape index (κ3) is 3.84. The summed E-state index contributed by atoms with van der Waals surface area (Å²) in [5, 5.41) is 0. The summed E-state index contributed by atoms with van der Waals surface area (Å²) in [7, 11) is 0. The molecule has 0 atom stereocenters. The minimum Gasteiger partial charge on any atom is -0.462 e. The minimum atomic E-state index is -1.88. The molecule has 0 unspecified atom stereocenters. The maximum atomic E-state index is 11.8. The van der Waals surface area contributed by atoms with E-state index in [9.17, 15) is 14.4 Å². The van der Waals surface area contributed by atoms with Gasteiger partial charge >= 0.3 is 11.9 Å². The highest BCUT2D eigenvalue weighted by Crippen LogP contribution is 2.23. The van der Waals surface area contributed by atoms with Gasteiger partial charge in [-0.3, -0.25) is 14.4 Å². The molecule has 0 aliphatic heterocycles. The Morgan fingerprint density at radius 1 is 0.882 bits per heavy atom. The third-order valence-corrected chi connectivity index (χ3v) is 2.21. The van der Waals surface area contributed by atoms with Gasteiger partial charge in [-0.2, -0.15) is 0 Å². The highest BCUT2D eigenvalue weighted by atomic mass is 16.6. The molecule has 0 N–H and O–H groups in total. The van der Waals surface area contributed by atoms with Crippen LogP contribution in [0.25, 0.3) is 0 Å². The fraction of sp³-hybridized carbons (Fsp3) is 0.750. The number of ketones is 1. The Bertz CT molecular complexity index is 295. The summed E-state index contributed by atoms with van der Waals surface area (Å²) in [5.41, 5.74) is -1.88. The summed E-state index contributed by atoms with van der Waals surface area (Å²) in [6.45, 7) is 8.98. The van der Waals surface area contributed by atoms with E-state index in [4.69, 9.17) is 9.47 Å². The van der Waals surface area contributed by atoms with Gasteiger partial charge in [0.2, 0.25) is 5.41 Å². The van der Waals surface area contributed by atoms with E-state index in [-0.39, 0.29) is 0 Å². The summed E-state index contributed by atoms with van der Waals surface area (Å²) in [6.07, 6.45) is -0.791. The predicted molar refractivity (Wildman–Crippen MR) is 61.2 cm³/mol. The molecule has 0 amide bonds. The molecule has 17 heavy (non-hydrogen) atoms. The van der Waals surface area contributed by atoms with Crippen molar-refractivity contribution in [2.45, 2.75) is 53.8 Å². The SMILES string of the molecule is CC(=O)C(C)(C(=O)OC(C)C)C(=O)OC(C)C. The van der Waals surface area contributed by atoms with Crippen LogP contribution in [-0.4, -0.2) is 29.9 Å². The molecule has 5 heteroatoms. The first-order valence-electron chi connectivity index (χ1n) is 5.55. The van der Waals surface area contributed by atoms with Crippen LogP contribution in [0.1, 0.15) is 41.5 Å². The number of rotatable bonds is 5. The topological polar surface area (TPSA) is 69.7 Å². The van der Waals surface area contributed by atoms with Crippen LogP contribution in [0.5, 0.6) is 0 Å². The Kier molecular flexibility index (Phi) is 5.32. The average molecular weight is 244 g/mol. The lowest BCUT2D eigenvalue weighted by Gasteiger charge is -2.24. The van der Waals surface area contributed by atoms with E-state index in [2.05, 4.69) is 0 Å². The van der Waals surface area contributed by atoms with Gasteiger partial charge in [-0.15, -0.1) is 0 Å². The van der Waals surface area contributed by atoms with Crippen LogP contribution < -0.4 is 0 Å².